The highest BCUT2D eigenvalue weighted by atomic mass is 32.1. The minimum absolute atomic E-state index is 0.0769. The molecule has 114 valence electrons. The zero-order valence-corrected chi connectivity index (χ0v) is 12.6. The van der Waals surface area contributed by atoms with Crippen LogP contribution in [0.4, 0.5) is 4.39 Å². The molecule has 1 aromatic carbocycles. The van der Waals surface area contributed by atoms with E-state index in [1.54, 1.807) is 0 Å². The molecule has 1 amide bonds. The van der Waals surface area contributed by atoms with Crippen molar-refractivity contribution in [1.29, 1.82) is 0 Å². The number of rotatable bonds is 3. The Kier molecular flexibility index (Phi) is 5.32. The van der Waals surface area contributed by atoms with Crippen molar-refractivity contribution in [1.82, 2.24) is 16.2 Å². The first-order chi connectivity index (χ1) is 10.1. The molecule has 21 heavy (non-hydrogen) atoms. The number of benzene rings is 1. The fourth-order valence-corrected chi connectivity index (χ4v) is 2.50. The van der Waals surface area contributed by atoms with E-state index < -0.39 is 11.7 Å². The van der Waals surface area contributed by atoms with Crippen LogP contribution in [0.2, 0.25) is 0 Å². The fraction of sp³-hybridized carbons (Fsp3) is 0.429. The number of thiocarbonyl (C=S) groups is 1. The molecular weight excluding hydrogens is 293 g/mol. The highest BCUT2D eigenvalue weighted by Gasteiger charge is 2.16. The first-order valence-corrected chi connectivity index (χ1v) is 7.21. The number of carbonyl (C=O) groups excluding carboxylic acids is 1. The number of hydrazine groups is 1. The standard InChI is InChI=1S/C14H18FN3O2S/c1-20-10-6-7-11(12(15)8-10)13(19)17-18-14(21)16-9-4-2-3-5-9/h6-9H,2-5H2,1H3,(H,17,19)(H2,16,18,21). The van der Waals surface area contributed by atoms with Gasteiger partial charge in [0.05, 0.1) is 12.7 Å². The number of methoxy groups -OCH3 is 1. The number of hydrogen-bond donors (Lipinski definition) is 3. The maximum Gasteiger partial charge on any atom is 0.272 e. The van der Waals surface area contributed by atoms with Gasteiger partial charge >= 0.3 is 0 Å². The van der Waals surface area contributed by atoms with Gasteiger partial charge < -0.3 is 10.1 Å². The second kappa shape index (κ2) is 7.21. The number of halogens is 1. The van der Waals surface area contributed by atoms with Crippen molar-refractivity contribution < 1.29 is 13.9 Å². The lowest BCUT2D eigenvalue weighted by Crippen LogP contribution is -2.49. The Morgan fingerprint density at radius 2 is 2.05 bits per heavy atom. The van der Waals surface area contributed by atoms with Gasteiger partial charge in [-0.05, 0) is 37.2 Å². The molecule has 0 atom stereocenters. The summed E-state index contributed by atoms with van der Waals surface area (Å²) in [5.74, 6) is -0.885. The lowest BCUT2D eigenvalue weighted by molar-refractivity contribution is 0.0939. The van der Waals surface area contributed by atoms with E-state index in [0.717, 1.165) is 18.9 Å². The molecule has 1 aliphatic rings. The zero-order valence-electron chi connectivity index (χ0n) is 11.7. The van der Waals surface area contributed by atoms with Gasteiger partial charge in [0.2, 0.25) is 0 Å². The highest BCUT2D eigenvalue weighted by molar-refractivity contribution is 7.80. The van der Waals surface area contributed by atoms with E-state index in [2.05, 4.69) is 16.2 Å². The largest absolute Gasteiger partial charge is 0.497 e. The second-order valence-corrected chi connectivity index (χ2v) is 5.29. The third-order valence-corrected chi connectivity index (χ3v) is 3.62. The van der Waals surface area contributed by atoms with Crippen LogP contribution in [0.1, 0.15) is 36.0 Å². The van der Waals surface area contributed by atoms with Gasteiger partial charge in [-0.15, -0.1) is 0 Å². The molecule has 0 aliphatic heterocycles. The molecule has 0 aromatic heterocycles. The van der Waals surface area contributed by atoms with E-state index in [4.69, 9.17) is 17.0 Å². The van der Waals surface area contributed by atoms with Crippen LogP contribution in [0.15, 0.2) is 18.2 Å². The van der Waals surface area contributed by atoms with Crippen LogP contribution >= 0.6 is 12.2 Å². The van der Waals surface area contributed by atoms with Gasteiger partial charge in [0, 0.05) is 12.1 Å². The molecule has 0 unspecified atom stereocenters. The van der Waals surface area contributed by atoms with Crippen LogP contribution in [0.3, 0.4) is 0 Å². The zero-order chi connectivity index (χ0) is 15.2. The van der Waals surface area contributed by atoms with Crippen LogP contribution in [0.5, 0.6) is 5.75 Å². The smallest absolute Gasteiger partial charge is 0.272 e. The molecule has 2 rings (SSSR count). The van der Waals surface area contributed by atoms with Crippen molar-refractivity contribution in [2.24, 2.45) is 0 Å². The minimum Gasteiger partial charge on any atom is -0.497 e. The van der Waals surface area contributed by atoms with E-state index in [1.165, 1.54) is 32.1 Å². The first kappa shape index (κ1) is 15.5. The van der Waals surface area contributed by atoms with Crippen LogP contribution in [-0.4, -0.2) is 24.2 Å². The molecular formula is C14H18FN3O2S. The Balaban J connectivity index is 1.85. The molecule has 7 heteroatoms. The van der Waals surface area contributed by atoms with E-state index in [1.807, 2.05) is 0 Å². The first-order valence-electron chi connectivity index (χ1n) is 6.80. The molecule has 0 saturated heterocycles. The molecule has 0 spiro atoms. The van der Waals surface area contributed by atoms with Gasteiger partial charge in [-0.2, -0.15) is 0 Å². The lowest BCUT2D eigenvalue weighted by Gasteiger charge is -2.16. The van der Waals surface area contributed by atoms with Gasteiger partial charge in [0.25, 0.3) is 5.91 Å². The SMILES string of the molecule is COc1ccc(C(=O)NNC(=S)NC2CCCC2)c(F)c1. The lowest BCUT2D eigenvalue weighted by atomic mass is 10.2. The maximum absolute atomic E-state index is 13.7. The minimum atomic E-state index is -0.650. The summed E-state index contributed by atoms with van der Waals surface area (Å²) in [6.07, 6.45) is 4.51. The summed E-state index contributed by atoms with van der Waals surface area (Å²) in [7, 11) is 1.43. The summed E-state index contributed by atoms with van der Waals surface area (Å²) in [5.41, 5.74) is 4.89. The summed E-state index contributed by atoms with van der Waals surface area (Å²) < 4.78 is 18.6. The van der Waals surface area contributed by atoms with E-state index >= 15 is 0 Å². The van der Waals surface area contributed by atoms with Crippen molar-refractivity contribution >= 4 is 23.2 Å². The Labute approximate surface area is 128 Å². The van der Waals surface area contributed by atoms with Crippen LogP contribution in [0.25, 0.3) is 0 Å². The molecule has 0 heterocycles. The van der Waals surface area contributed by atoms with E-state index in [0.29, 0.717) is 16.9 Å². The predicted octanol–water partition coefficient (Wildman–Crippen LogP) is 1.89. The number of amides is 1. The average Bonchev–Trinajstić information content (AvgIpc) is 2.97. The Bertz CT molecular complexity index is 533. The van der Waals surface area contributed by atoms with Gasteiger partial charge in [-0.25, -0.2) is 4.39 Å². The van der Waals surface area contributed by atoms with E-state index in [-0.39, 0.29) is 5.56 Å². The highest BCUT2D eigenvalue weighted by Crippen LogP contribution is 2.17. The quantitative estimate of drug-likeness (QED) is 0.588. The summed E-state index contributed by atoms with van der Waals surface area (Å²) in [6, 6.07) is 4.38. The van der Waals surface area contributed by atoms with Crippen molar-refractivity contribution in [2.75, 3.05) is 7.11 Å². The van der Waals surface area contributed by atoms with Crippen LogP contribution < -0.4 is 20.9 Å². The Hall–Kier alpha value is -1.89. The van der Waals surface area contributed by atoms with Gasteiger partial charge in [-0.1, -0.05) is 12.8 Å². The molecule has 1 aliphatic carbocycles. The summed E-state index contributed by atoms with van der Waals surface area (Å²) >= 11 is 5.08. The summed E-state index contributed by atoms with van der Waals surface area (Å²) in [5, 5.41) is 3.45. The Morgan fingerprint density at radius 3 is 2.67 bits per heavy atom. The third-order valence-electron chi connectivity index (χ3n) is 3.40. The van der Waals surface area contributed by atoms with Crippen molar-refractivity contribution in [3.05, 3.63) is 29.6 Å². The van der Waals surface area contributed by atoms with Gasteiger partial charge in [-0.3, -0.25) is 15.6 Å². The fourth-order valence-electron chi connectivity index (χ4n) is 2.28. The van der Waals surface area contributed by atoms with Crippen molar-refractivity contribution in [3.63, 3.8) is 0 Å². The van der Waals surface area contributed by atoms with Crippen LogP contribution in [-0.2, 0) is 0 Å². The Morgan fingerprint density at radius 1 is 1.33 bits per heavy atom. The number of carbonyl (C=O) groups is 1. The van der Waals surface area contributed by atoms with Crippen molar-refractivity contribution in [3.8, 4) is 5.75 Å². The molecule has 0 bridgehead atoms. The molecule has 1 aromatic rings. The van der Waals surface area contributed by atoms with Crippen molar-refractivity contribution in [2.45, 2.75) is 31.7 Å². The van der Waals surface area contributed by atoms with Gasteiger partial charge in [0.1, 0.15) is 11.6 Å². The molecule has 0 radical (unpaired) electrons. The summed E-state index contributed by atoms with van der Waals surface area (Å²) in [6.45, 7) is 0. The molecule has 3 N–H and O–H groups in total. The number of nitrogens with one attached hydrogen (secondary N) is 3. The second-order valence-electron chi connectivity index (χ2n) is 4.88. The summed E-state index contributed by atoms with van der Waals surface area (Å²) in [4.78, 5) is 11.9. The predicted molar refractivity (Wildman–Crippen MR) is 81.5 cm³/mol. The maximum atomic E-state index is 13.7. The monoisotopic (exact) mass is 311 g/mol. The normalized spacial score (nSPS) is 14.6. The van der Waals surface area contributed by atoms with Gasteiger partial charge in [0.15, 0.2) is 5.11 Å². The average molecular weight is 311 g/mol. The van der Waals surface area contributed by atoms with E-state index in [9.17, 15) is 9.18 Å². The molecule has 1 fully saturated rings. The molecule has 1 saturated carbocycles. The number of hydrogen-bond acceptors (Lipinski definition) is 3. The topological polar surface area (TPSA) is 62.4 Å². The number of ether oxygens (including phenoxy) is 1. The molecule has 5 nitrogen and oxygen atoms in total. The van der Waals surface area contributed by atoms with Crippen LogP contribution in [0, 0.1) is 5.82 Å². The third kappa shape index (κ3) is 4.29.